The highest BCUT2D eigenvalue weighted by atomic mass is 32.1. The topological polar surface area (TPSA) is 81.7 Å². The van der Waals surface area contributed by atoms with Crippen LogP contribution in [-0.4, -0.2) is 31.1 Å². The van der Waals surface area contributed by atoms with Crippen LogP contribution in [-0.2, 0) is 23.9 Å². The number of carbonyl (C=O) groups excluding carboxylic acids is 3. The molecule has 2 rings (SSSR count). The van der Waals surface area contributed by atoms with Gasteiger partial charge in [-0.25, -0.2) is 9.59 Å². The van der Waals surface area contributed by atoms with Crippen LogP contribution in [0.5, 0.6) is 0 Å². The summed E-state index contributed by atoms with van der Waals surface area (Å²) in [6.07, 6.45) is 1.89. The van der Waals surface area contributed by atoms with E-state index in [1.807, 2.05) is 47.8 Å². The Hall–Kier alpha value is -2.93. The summed E-state index contributed by atoms with van der Waals surface area (Å²) < 4.78 is 9.49. The number of thiophene rings is 1. The van der Waals surface area contributed by atoms with E-state index in [9.17, 15) is 14.4 Å². The van der Waals surface area contributed by atoms with Crippen molar-refractivity contribution in [2.75, 3.05) is 13.2 Å². The highest BCUT2D eigenvalue weighted by Crippen LogP contribution is 2.25. The van der Waals surface area contributed by atoms with Crippen molar-refractivity contribution in [2.45, 2.75) is 13.0 Å². The lowest BCUT2D eigenvalue weighted by Gasteiger charge is -2.18. The summed E-state index contributed by atoms with van der Waals surface area (Å²) >= 11 is 1.52. The number of esters is 2. The molecule has 1 heterocycles. The predicted molar refractivity (Wildman–Crippen MR) is 97.5 cm³/mol. The third kappa shape index (κ3) is 6.18. The van der Waals surface area contributed by atoms with Gasteiger partial charge in [-0.15, -0.1) is 11.3 Å². The monoisotopic (exact) mass is 373 g/mol. The lowest BCUT2D eigenvalue weighted by Crippen LogP contribution is -2.32. The second-order valence-electron chi connectivity index (χ2n) is 5.12. The van der Waals surface area contributed by atoms with Crippen molar-refractivity contribution >= 4 is 29.2 Å². The quantitative estimate of drug-likeness (QED) is 0.568. The van der Waals surface area contributed by atoms with E-state index in [1.54, 1.807) is 6.92 Å². The molecule has 1 N–H and O–H groups in total. The molecule has 0 bridgehead atoms. The lowest BCUT2D eigenvalue weighted by molar-refractivity contribution is -0.144. The van der Waals surface area contributed by atoms with Crippen LogP contribution in [0.4, 0.5) is 0 Å². The molecule has 6 nitrogen and oxygen atoms in total. The fourth-order valence-electron chi connectivity index (χ4n) is 2.13. The number of carbonyl (C=O) groups is 3. The molecule has 0 aliphatic carbocycles. The molecule has 1 amide bonds. The average Bonchev–Trinajstić information content (AvgIpc) is 3.18. The highest BCUT2D eigenvalue weighted by Gasteiger charge is 2.18. The normalized spacial score (nSPS) is 11.7. The van der Waals surface area contributed by atoms with E-state index < -0.39 is 24.5 Å². The molecule has 7 heteroatoms. The van der Waals surface area contributed by atoms with Crippen molar-refractivity contribution in [3.05, 3.63) is 70.4 Å². The largest absolute Gasteiger partial charge is 0.463 e. The first kappa shape index (κ1) is 19.4. The first-order valence-corrected chi connectivity index (χ1v) is 8.87. The van der Waals surface area contributed by atoms with Gasteiger partial charge in [-0.05, 0) is 23.9 Å². The van der Waals surface area contributed by atoms with E-state index in [0.29, 0.717) is 0 Å². The molecule has 0 unspecified atom stereocenters. The molecule has 1 atom stereocenters. The molecule has 26 heavy (non-hydrogen) atoms. The van der Waals surface area contributed by atoms with Crippen molar-refractivity contribution in [2.24, 2.45) is 0 Å². The van der Waals surface area contributed by atoms with Crippen molar-refractivity contribution in [3.8, 4) is 0 Å². The number of benzene rings is 1. The number of hydrogen-bond acceptors (Lipinski definition) is 6. The second-order valence-corrected chi connectivity index (χ2v) is 6.10. The molecule has 0 spiro atoms. The van der Waals surface area contributed by atoms with Crippen LogP contribution in [0.15, 0.2) is 60.0 Å². The minimum Gasteiger partial charge on any atom is -0.463 e. The third-order valence-corrected chi connectivity index (χ3v) is 4.19. The zero-order valence-electron chi connectivity index (χ0n) is 14.2. The van der Waals surface area contributed by atoms with Crippen LogP contribution in [0, 0.1) is 0 Å². The summed E-state index contributed by atoms with van der Waals surface area (Å²) in [4.78, 5) is 35.8. The molecule has 1 aromatic carbocycles. The van der Waals surface area contributed by atoms with Crippen LogP contribution >= 0.6 is 11.3 Å². The van der Waals surface area contributed by atoms with Crippen molar-refractivity contribution in [1.82, 2.24) is 5.32 Å². The molecule has 2 aromatic rings. The summed E-state index contributed by atoms with van der Waals surface area (Å²) in [6, 6.07) is 13.0. The summed E-state index contributed by atoms with van der Waals surface area (Å²) in [7, 11) is 0. The van der Waals surface area contributed by atoms with Gasteiger partial charge >= 0.3 is 11.9 Å². The van der Waals surface area contributed by atoms with E-state index in [-0.39, 0.29) is 12.6 Å². The lowest BCUT2D eigenvalue weighted by atomic mass is 10.1. The van der Waals surface area contributed by atoms with Crippen molar-refractivity contribution in [3.63, 3.8) is 0 Å². The number of rotatable bonds is 8. The summed E-state index contributed by atoms with van der Waals surface area (Å²) in [6.45, 7) is 1.43. The predicted octanol–water partition coefficient (Wildman–Crippen LogP) is 2.62. The maximum atomic E-state index is 12.2. The molecular weight excluding hydrogens is 354 g/mol. The van der Waals surface area contributed by atoms with E-state index in [1.165, 1.54) is 11.3 Å². The fraction of sp³-hybridized carbons (Fsp3) is 0.211. The van der Waals surface area contributed by atoms with Crippen molar-refractivity contribution in [1.29, 1.82) is 0 Å². The average molecular weight is 373 g/mol. The summed E-state index contributed by atoms with van der Waals surface area (Å²) in [5, 5.41) is 4.78. The van der Waals surface area contributed by atoms with Gasteiger partial charge in [0.2, 0.25) is 0 Å². The molecule has 1 aromatic heterocycles. The molecule has 0 saturated heterocycles. The van der Waals surface area contributed by atoms with Gasteiger partial charge in [0.05, 0.1) is 12.6 Å². The molecule has 136 valence electrons. The Balaban J connectivity index is 1.92. The first-order chi connectivity index (χ1) is 12.6. The van der Waals surface area contributed by atoms with Crippen LogP contribution in [0.3, 0.4) is 0 Å². The highest BCUT2D eigenvalue weighted by molar-refractivity contribution is 7.10. The second kappa shape index (κ2) is 10.1. The number of nitrogens with one attached hydrogen (secondary N) is 1. The van der Waals surface area contributed by atoms with Gasteiger partial charge in [-0.2, -0.15) is 0 Å². The number of amides is 1. The van der Waals surface area contributed by atoms with Crippen LogP contribution < -0.4 is 5.32 Å². The Morgan fingerprint density at radius 1 is 1.04 bits per heavy atom. The molecular formula is C19H19NO5S. The minimum absolute atomic E-state index is 0.213. The summed E-state index contributed by atoms with van der Waals surface area (Å²) in [5.41, 5.74) is 0.928. The summed E-state index contributed by atoms with van der Waals surface area (Å²) in [5.74, 6) is -1.87. The molecule has 0 aliphatic rings. The zero-order chi connectivity index (χ0) is 18.8. The first-order valence-electron chi connectivity index (χ1n) is 7.99. The fourth-order valence-corrected chi connectivity index (χ4v) is 2.94. The zero-order valence-corrected chi connectivity index (χ0v) is 15.0. The smallest absolute Gasteiger partial charge is 0.331 e. The SMILES string of the molecule is CCOC(=O)/C=C/C(=O)OCC(=O)N[C@H](c1ccccc1)c1cccs1. The Labute approximate surface area is 155 Å². The van der Waals surface area contributed by atoms with Crippen LogP contribution in [0.1, 0.15) is 23.4 Å². The minimum atomic E-state index is -0.791. The Kier molecular flexibility index (Phi) is 7.57. The van der Waals surface area contributed by atoms with Crippen molar-refractivity contribution < 1.29 is 23.9 Å². The molecule has 0 aliphatic heterocycles. The van der Waals surface area contributed by atoms with Gasteiger partial charge in [0.25, 0.3) is 5.91 Å². The van der Waals surface area contributed by atoms with Gasteiger partial charge in [0, 0.05) is 17.0 Å². The number of hydrogen-bond donors (Lipinski definition) is 1. The van der Waals surface area contributed by atoms with E-state index >= 15 is 0 Å². The molecule has 0 saturated carbocycles. The van der Waals surface area contributed by atoms with Gasteiger partial charge in [-0.3, -0.25) is 4.79 Å². The van der Waals surface area contributed by atoms with Crippen LogP contribution in [0.25, 0.3) is 0 Å². The van der Waals surface area contributed by atoms with Crippen LogP contribution in [0.2, 0.25) is 0 Å². The van der Waals surface area contributed by atoms with Gasteiger partial charge < -0.3 is 14.8 Å². The number of ether oxygens (including phenoxy) is 2. The Morgan fingerprint density at radius 2 is 1.73 bits per heavy atom. The Morgan fingerprint density at radius 3 is 2.35 bits per heavy atom. The van der Waals surface area contributed by atoms with E-state index in [2.05, 4.69) is 10.1 Å². The maximum Gasteiger partial charge on any atom is 0.331 e. The van der Waals surface area contributed by atoms with E-state index in [4.69, 9.17) is 4.74 Å². The maximum absolute atomic E-state index is 12.2. The molecule has 0 fully saturated rings. The third-order valence-electron chi connectivity index (χ3n) is 3.25. The van der Waals surface area contributed by atoms with Gasteiger partial charge in [0.1, 0.15) is 0 Å². The van der Waals surface area contributed by atoms with E-state index in [0.717, 1.165) is 22.6 Å². The Bertz CT molecular complexity index is 756. The van der Waals surface area contributed by atoms with Gasteiger partial charge in [-0.1, -0.05) is 36.4 Å². The standard InChI is InChI=1S/C19H19NO5S/c1-2-24-17(22)10-11-18(23)25-13-16(21)20-19(15-9-6-12-26-15)14-7-4-3-5-8-14/h3-12,19H,2,13H2,1H3,(H,20,21)/b11-10+/t19-/m1/s1. The van der Waals surface area contributed by atoms with Gasteiger partial charge in [0.15, 0.2) is 6.61 Å². The molecule has 0 radical (unpaired) electrons.